The summed E-state index contributed by atoms with van der Waals surface area (Å²) in [5.41, 5.74) is 0. The third-order valence-electron chi connectivity index (χ3n) is 4.38. The SMILES string of the molecule is CC.CC(=O)ON1C(=O)CCC1=O.CCC(C)CN(C)C(=O)CCN1C(=O)C=CC1=O. The van der Waals surface area contributed by atoms with Crippen molar-refractivity contribution < 1.29 is 33.6 Å². The summed E-state index contributed by atoms with van der Waals surface area (Å²) in [6.07, 6.45) is 3.93. The van der Waals surface area contributed by atoms with Gasteiger partial charge < -0.3 is 9.74 Å². The van der Waals surface area contributed by atoms with Gasteiger partial charge in [-0.2, -0.15) is 0 Å². The Hall–Kier alpha value is -3.04. The number of rotatable bonds is 7. The molecule has 0 bridgehead atoms. The van der Waals surface area contributed by atoms with Crippen LogP contribution in [0.15, 0.2) is 12.2 Å². The number of imide groups is 2. The van der Waals surface area contributed by atoms with Crippen LogP contribution in [0.25, 0.3) is 0 Å². The first-order valence-corrected chi connectivity index (χ1v) is 10.4. The summed E-state index contributed by atoms with van der Waals surface area (Å²) in [7, 11) is 1.75. The van der Waals surface area contributed by atoms with Gasteiger partial charge in [-0.25, -0.2) is 4.79 Å². The highest BCUT2D eigenvalue weighted by Gasteiger charge is 2.31. The second-order valence-corrected chi connectivity index (χ2v) is 6.86. The lowest BCUT2D eigenvalue weighted by atomic mass is 10.1. The molecule has 0 aromatic heterocycles. The van der Waals surface area contributed by atoms with Crippen LogP contribution < -0.4 is 0 Å². The smallest absolute Gasteiger partial charge is 0.330 e. The summed E-state index contributed by atoms with van der Waals surface area (Å²) in [4.78, 5) is 73.3. The van der Waals surface area contributed by atoms with Crippen LogP contribution in [-0.4, -0.2) is 70.5 Å². The van der Waals surface area contributed by atoms with Crippen LogP contribution in [0.3, 0.4) is 0 Å². The molecule has 2 heterocycles. The summed E-state index contributed by atoms with van der Waals surface area (Å²) in [5, 5.41) is 0.516. The van der Waals surface area contributed by atoms with Crippen molar-refractivity contribution in [1.82, 2.24) is 14.9 Å². The second-order valence-electron chi connectivity index (χ2n) is 6.86. The van der Waals surface area contributed by atoms with Crippen molar-refractivity contribution in [1.29, 1.82) is 0 Å². The van der Waals surface area contributed by atoms with E-state index >= 15 is 0 Å². The number of amides is 5. The highest BCUT2D eigenvalue weighted by molar-refractivity contribution is 6.13. The van der Waals surface area contributed by atoms with E-state index in [4.69, 9.17) is 0 Å². The zero-order chi connectivity index (χ0) is 24.1. The highest BCUT2D eigenvalue weighted by atomic mass is 16.7. The van der Waals surface area contributed by atoms with Gasteiger partial charge in [0.25, 0.3) is 23.6 Å². The van der Waals surface area contributed by atoms with E-state index in [1.165, 1.54) is 12.2 Å². The van der Waals surface area contributed by atoms with E-state index in [1.807, 2.05) is 13.8 Å². The predicted molar refractivity (Wildman–Crippen MR) is 112 cm³/mol. The van der Waals surface area contributed by atoms with Crippen molar-refractivity contribution in [3.05, 3.63) is 12.2 Å². The molecule has 0 aliphatic carbocycles. The topological polar surface area (TPSA) is 121 Å². The molecule has 1 saturated heterocycles. The summed E-state index contributed by atoms with van der Waals surface area (Å²) < 4.78 is 0. The molecule has 174 valence electrons. The fourth-order valence-electron chi connectivity index (χ4n) is 2.53. The Balaban J connectivity index is 0.000000591. The molecule has 0 spiro atoms. The maximum Gasteiger partial charge on any atom is 0.330 e. The molecule has 1 fully saturated rings. The molecule has 1 atom stereocenters. The Morgan fingerprint density at radius 3 is 1.97 bits per heavy atom. The van der Waals surface area contributed by atoms with E-state index < -0.39 is 17.8 Å². The zero-order valence-electron chi connectivity index (χ0n) is 19.2. The van der Waals surface area contributed by atoms with Crippen LogP contribution in [0.2, 0.25) is 0 Å². The number of carbonyl (C=O) groups excluding carboxylic acids is 6. The molecule has 1 unspecified atom stereocenters. The highest BCUT2D eigenvalue weighted by Crippen LogP contribution is 2.11. The van der Waals surface area contributed by atoms with Crippen LogP contribution in [0.5, 0.6) is 0 Å². The molecule has 0 radical (unpaired) electrons. The quantitative estimate of drug-likeness (QED) is 0.550. The number of hydrogen-bond acceptors (Lipinski definition) is 7. The van der Waals surface area contributed by atoms with Crippen molar-refractivity contribution in [3.8, 4) is 0 Å². The lowest BCUT2D eigenvalue weighted by molar-refractivity contribution is -0.195. The van der Waals surface area contributed by atoms with E-state index in [1.54, 1.807) is 11.9 Å². The van der Waals surface area contributed by atoms with Crippen LogP contribution >= 0.6 is 0 Å². The number of carbonyl (C=O) groups is 6. The second kappa shape index (κ2) is 14.1. The number of nitrogens with zero attached hydrogens (tertiary/aromatic N) is 3. The normalized spacial score (nSPS) is 15.8. The molecule has 0 aromatic carbocycles. The van der Waals surface area contributed by atoms with E-state index in [0.29, 0.717) is 17.5 Å². The van der Waals surface area contributed by atoms with Crippen molar-refractivity contribution in [2.24, 2.45) is 5.92 Å². The lowest BCUT2D eigenvalue weighted by Crippen LogP contribution is -2.36. The van der Waals surface area contributed by atoms with Gasteiger partial charge in [-0.05, 0) is 5.92 Å². The Morgan fingerprint density at radius 1 is 1.06 bits per heavy atom. The van der Waals surface area contributed by atoms with Gasteiger partial charge in [0.1, 0.15) is 0 Å². The van der Waals surface area contributed by atoms with Gasteiger partial charge in [0.05, 0.1) is 0 Å². The number of hydroxylamine groups is 2. The fourth-order valence-corrected chi connectivity index (χ4v) is 2.53. The molecule has 2 rings (SSSR count). The summed E-state index contributed by atoms with van der Waals surface area (Å²) in [6, 6.07) is 0. The van der Waals surface area contributed by atoms with Gasteiger partial charge >= 0.3 is 5.97 Å². The molecule has 10 heteroatoms. The average Bonchev–Trinajstić information content (AvgIpc) is 3.22. The van der Waals surface area contributed by atoms with Gasteiger partial charge in [-0.15, -0.1) is 5.06 Å². The van der Waals surface area contributed by atoms with Crippen LogP contribution in [0.4, 0.5) is 0 Å². The third-order valence-corrected chi connectivity index (χ3v) is 4.38. The summed E-state index contributed by atoms with van der Waals surface area (Å²) in [5.74, 6) is -1.82. The van der Waals surface area contributed by atoms with Gasteiger partial charge in [-0.3, -0.25) is 28.9 Å². The lowest BCUT2D eigenvalue weighted by Gasteiger charge is -2.22. The Bertz CT molecular complexity index is 684. The average molecular weight is 440 g/mol. The van der Waals surface area contributed by atoms with E-state index in [2.05, 4.69) is 18.7 Å². The van der Waals surface area contributed by atoms with Gasteiger partial charge in [-0.1, -0.05) is 34.1 Å². The van der Waals surface area contributed by atoms with Crippen LogP contribution in [0.1, 0.15) is 60.3 Å². The van der Waals surface area contributed by atoms with Crippen LogP contribution in [0, 0.1) is 5.92 Å². The van der Waals surface area contributed by atoms with E-state index in [-0.39, 0.29) is 43.5 Å². The molecule has 0 aromatic rings. The molecule has 0 N–H and O–H groups in total. The first-order chi connectivity index (χ1) is 14.6. The Labute approximate surface area is 183 Å². The monoisotopic (exact) mass is 439 g/mol. The van der Waals surface area contributed by atoms with Gasteiger partial charge in [0.15, 0.2) is 0 Å². The van der Waals surface area contributed by atoms with Crippen LogP contribution in [-0.2, 0) is 33.6 Å². The van der Waals surface area contributed by atoms with Crippen molar-refractivity contribution in [2.75, 3.05) is 20.1 Å². The standard InChI is InChI=1S/C13H20N2O3.C6H7NO4.C2H6/c1-4-10(2)9-14(3)11(16)7-8-15-12(17)5-6-13(15)18;1-4(8)11-7-5(9)2-3-6(7)10;1-2/h5-6,10H,4,7-9H2,1-3H3;2-3H2,1H3;1-2H3. The number of hydrogen-bond donors (Lipinski definition) is 0. The molecule has 31 heavy (non-hydrogen) atoms. The van der Waals surface area contributed by atoms with Crippen molar-refractivity contribution >= 4 is 35.5 Å². The Kier molecular flexibility index (Phi) is 12.7. The first-order valence-electron chi connectivity index (χ1n) is 10.4. The maximum absolute atomic E-state index is 11.8. The fraction of sp³-hybridized carbons (Fsp3) is 0.619. The third kappa shape index (κ3) is 9.54. The molecule has 5 amide bonds. The van der Waals surface area contributed by atoms with Gasteiger partial charge in [0.2, 0.25) is 5.91 Å². The molecular formula is C21H33N3O7. The van der Waals surface area contributed by atoms with E-state index in [0.717, 1.165) is 18.2 Å². The van der Waals surface area contributed by atoms with Crippen molar-refractivity contribution in [3.63, 3.8) is 0 Å². The molecule has 2 aliphatic rings. The molecule has 0 saturated carbocycles. The molecule has 10 nitrogen and oxygen atoms in total. The van der Waals surface area contributed by atoms with E-state index in [9.17, 15) is 28.8 Å². The Morgan fingerprint density at radius 2 is 1.55 bits per heavy atom. The predicted octanol–water partition coefficient (Wildman–Crippen LogP) is 1.45. The summed E-state index contributed by atoms with van der Waals surface area (Å²) >= 11 is 0. The minimum Gasteiger partial charge on any atom is -0.345 e. The zero-order valence-corrected chi connectivity index (χ0v) is 19.2. The minimum atomic E-state index is -0.659. The largest absolute Gasteiger partial charge is 0.345 e. The van der Waals surface area contributed by atoms with Crippen molar-refractivity contribution in [2.45, 2.75) is 60.3 Å². The first kappa shape index (κ1) is 28.0. The maximum atomic E-state index is 11.8. The molecular weight excluding hydrogens is 406 g/mol. The summed E-state index contributed by atoms with van der Waals surface area (Å²) in [6.45, 7) is 10.2. The van der Waals surface area contributed by atoms with Gasteiger partial charge in [0, 0.05) is 58.5 Å². The molecule has 2 aliphatic heterocycles. The minimum absolute atomic E-state index is 0.0391.